The number of fused-ring (bicyclic) bond motifs is 11. The summed E-state index contributed by atoms with van der Waals surface area (Å²) in [7, 11) is 0. The van der Waals surface area contributed by atoms with Crippen molar-refractivity contribution in [3.05, 3.63) is 194 Å². The van der Waals surface area contributed by atoms with E-state index < -0.39 is 0 Å². The SMILES string of the molecule is c1ccc(-c2cc(-c3cc(-c4cccc5c4sc4ccccc45)cc(-n4c5ccccc5c5c6ccccc6ccc54)c3)c3ccc4ccccc4c3n2)cc1. The van der Waals surface area contributed by atoms with E-state index in [1.165, 1.54) is 69.3 Å². The second kappa shape index (κ2) is 12.2. The topological polar surface area (TPSA) is 17.8 Å². The van der Waals surface area contributed by atoms with Crippen LogP contribution < -0.4 is 0 Å². The minimum Gasteiger partial charge on any atom is -0.309 e. The molecule has 0 radical (unpaired) electrons. The molecule has 0 aliphatic carbocycles. The fourth-order valence-corrected chi connectivity index (χ4v) is 10.2. The third kappa shape index (κ3) is 4.71. The monoisotopic (exact) mass is 728 g/mol. The summed E-state index contributed by atoms with van der Waals surface area (Å²) in [4.78, 5) is 5.39. The number of aromatic nitrogens is 2. The molecule has 12 aromatic rings. The Morgan fingerprint density at radius 3 is 1.91 bits per heavy atom. The molecule has 56 heavy (non-hydrogen) atoms. The third-order valence-electron chi connectivity index (χ3n) is 11.5. The maximum Gasteiger partial charge on any atom is 0.0794 e. The van der Waals surface area contributed by atoms with Crippen molar-refractivity contribution in [1.82, 2.24) is 9.55 Å². The zero-order valence-electron chi connectivity index (χ0n) is 30.3. The van der Waals surface area contributed by atoms with Gasteiger partial charge in [0, 0.05) is 53.0 Å². The van der Waals surface area contributed by atoms with Crippen molar-refractivity contribution in [2.75, 3.05) is 0 Å². The van der Waals surface area contributed by atoms with E-state index in [1.54, 1.807) is 0 Å². The highest BCUT2D eigenvalue weighted by atomic mass is 32.1. The molecule has 0 aliphatic heterocycles. The Bertz CT molecular complexity index is 3540. The molecule has 0 saturated heterocycles. The number of hydrogen-bond acceptors (Lipinski definition) is 2. The van der Waals surface area contributed by atoms with Gasteiger partial charge in [-0.2, -0.15) is 0 Å². The van der Waals surface area contributed by atoms with Gasteiger partial charge in [-0.3, -0.25) is 0 Å². The van der Waals surface area contributed by atoms with E-state index in [-0.39, 0.29) is 0 Å². The molecule has 9 aromatic carbocycles. The van der Waals surface area contributed by atoms with E-state index >= 15 is 0 Å². The van der Waals surface area contributed by atoms with Gasteiger partial charge in [-0.25, -0.2) is 4.98 Å². The summed E-state index contributed by atoms with van der Waals surface area (Å²) in [5.74, 6) is 0. The molecule has 0 amide bonds. The van der Waals surface area contributed by atoms with Gasteiger partial charge in [-0.15, -0.1) is 11.3 Å². The first-order valence-corrected chi connectivity index (χ1v) is 19.9. The molecule has 0 unspecified atom stereocenters. The predicted octanol–water partition coefficient (Wildman–Crippen LogP) is 15.0. The fraction of sp³-hybridized carbons (Fsp3) is 0. The molecule has 0 fully saturated rings. The summed E-state index contributed by atoms with van der Waals surface area (Å²) >= 11 is 1.88. The van der Waals surface area contributed by atoms with Gasteiger partial charge >= 0.3 is 0 Å². The molecule has 3 heterocycles. The van der Waals surface area contributed by atoms with Crippen LogP contribution in [0.3, 0.4) is 0 Å². The highest BCUT2D eigenvalue weighted by Crippen LogP contribution is 2.44. The van der Waals surface area contributed by atoms with Crippen molar-refractivity contribution in [3.8, 4) is 39.2 Å². The molecule has 2 nitrogen and oxygen atoms in total. The van der Waals surface area contributed by atoms with E-state index in [0.717, 1.165) is 44.4 Å². The molecule has 0 atom stereocenters. The molecule has 3 heteroatoms. The van der Waals surface area contributed by atoms with Gasteiger partial charge in [0.05, 0.1) is 22.2 Å². The minimum absolute atomic E-state index is 0.964. The van der Waals surface area contributed by atoms with Crippen molar-refractivity contribution in [3.63, 3.8) is 0 Å². The number of para-hydroxylation sites is 1. The lowest BCUT2D eigenvalue weighted by Gasteiger charge is -2.17. The average molecular weight is 729 g/mol. The largest absolute Gasteiger partial charge is 0.309 e. The van der Waals surface area contributed by atoms with E-state index in [2.05, 4.69) is 199 Å². The summed E-state index contributed by atoms with van der Waals surface area (Å²) in [6.45, 7) is 0. The van der Waals surface area contributed by atoms with Crippen LogP contribution in [0.5, 0.6) is 0 Å². The summed E-state index contributed by atoms with van der Waals surface area (Å²) in [5, 5.41) is 11.1. The van der Waals surface area contributed by atoms with Gasteiger partial charge in [-0.05, 0) is 80.9 Å². The van der Waals surface area contributed by atoms with E-state index in [9.17, 15) is 0 Å². The van der Waals surface area contributed by atoms with Crippen LogP contribution in [0.25, 0.3) is 114 Å². The molecule has 0 aliphatic rings. The molecule has 0 bridgehead atoms. The quantitative estimate of drug-likeness (QED) is 0.165. The van der Waals surface area contributed by atoms with Gasteiger partial charge in [0.25, 0.3) is 0 Å². The first-order chi connectivity index (χ1) is 27.8. The van der Waals surface area contributed by atoms with Crippen LogP contribution in [0.15, 0.2) is 194 Å². The Balaban J connectivity index is 1.22. The molecular weight excluding hydrogens is 697 g/mol. The van der Waals surface area contributed by atoms with Crippen molar-refractivity contribution in [1.29, 1.82) is 0 Å². The normalized spacial score (nSPS) is 11.9. The molecular formula is C53H32N2S. The Morgan fingerprint density at radius 1 is 0.393 bits per heavy atom. The van der Waals surface area contributed by atoms with Gasteiger partial charge in [0.15, 0.2) is 0 Å². The van der Waals surface area contributed by atoms with Crippen LogP contribution in [0.1, 0.15) is 0 Å². The summed E-state index contributed by atoms with van der Waals surface area (Å²) in [5.41, 5.74) is 11.3. The van der Waals surface area contributed by atoms with Crippen LogP contribution >= 0.6 is 11.3 Å². The highest BCUT2D eigenvalue weighted by Gasteiger charge is 2.20. The molecule has 0 N–H and O–H groups in total. The molecule has 0 saturated carbocycles. The molecule has 3 aromatic heterocycles. The van der Waals surface area contributed by atoms with E-state index in [0.29, 0.717) is 0 Å². The second-order valence-electron chi connectivity index (χ2n) is 14.7. The first-order valence-electron chi connectivity index (χ1n) is 19.1. The van der Waals surface area contributed by atoms with Crippen LogP contribution in [0.4, 0.5) is 0 Å². The van der Waals surface area contributed by atoms with Crippen molar-refractivity contribution in [2.24, 2.45) is 0 Å². The van der Waals surface area contributed by atoms with Gasteiger partial charge < -0.3 is 4.57 Å². The number of hydrogen-bond donors (Lipinski definition) is 0. The zero-order chi connectivity index (χ0) is 36.7. The average Bonchev–Trinajstić information content (AvgIpc) is 3.82. The summed E-state index contributed by atoms with van der Waals surface area (Å²) in [6.07, 6.45) is 0. The summed E-state index contributed by atoms with van der Waals surface area (Å²) < 4.78 is 5.09. The van der Waals surface area contributed by atoms with Crippen LogP contribution in [0, 0.1) is 0 Å². The number of rotatable bonds is 4. The number of nitrogens with zero attached hydrogens (tertiary/aromatic N) is 2. The Morgan fingerprint density at radius 2 is 1.05 bits per heavy atom. The Kier molecular flexibility index (Phi) is 6.83. The van der Waals surface area contributed by atoms with Crippen molar-refractivity contribution in [2.45, 2.75) is 0 Å². The number of pyridine rings is 1. The lowest BCUT2D eigenvalue weighted by molar-refractivity contribution is 1.18. The van der Waals surface area contributed by atoms with E-state index in [1.807, 2.05) is 11.3 Å². The van der Waals surface area contributed by atoms with Crippen LogP contribution in [-0.2, 0) is 0 Å². The maximum absolute atomic E-state index is 5.39. The van der Waals surface area contributed by atoms with Crippen LogP contribution in [0.2, 0.25) is 0 Å². The zero-order valence-corrected chi connectivity index (χ0v) is 31.1. The number of thiophene rings is 1. The van der Waals surface area contributed by atoms with Crippen molar-refractivity contribution < 1.29 is 0 Å². The third-order valence-corrected chi connectivity index (χ3v) is 12.8. The lowest BCUT2D eigenvalue weighted by Crippen LogP contribution is -1.97. The standard InChI is InChI=1S/C53H32N2S/c1-2-15-35(16-3-1)47-32-46(43-27-25-34-14-5-7-18-40(34)52(43)54-47)37-29-36(41-21-12-22-44-42-19-9-11-24-50(42)56-53(41)44)30-38(31-37)55-48-23-10-8-20-45(48)51-39-17-6-4-13-33(39)26-28-49(51)55/h1-32H. The highest BCUT2D eigenvalue weighted by molar-refractivity contribution is 7.26. The molecule has 0 spiro atoms. The maximum atomic E-state index is 5.39. The van der Waals surface area contributed by atoms with E-state index in [4.69, 9.17) is 4.98 Å². The lowest BCUT2D eigenvalue weighted by atomic mass is 9.92. The van der Waals surface area contributed by atoms with Gasteiger partial charge in [0.1, 0.15) is 0 Å². The molecule has 260 valence electrons. The Labute approximate surface area is 327 Å². The van der Waals surface area contributed by atoms with Gasteiger partial charge in [0.2, 0.25) is 0 Å². The minimum atomic E-state index is 0.964. The number of benzene rings is 9. The second-order valence-corrected chi connectivity index (χ2v) is 15.7. The van der Waals surface area contributed by atoms with Gasteiger partial charge in [-0.1, -0.05) is 152 Å². The smallest absolute Gasteiger partial charge is 0.0794 e. The predicted molar refractivity (Wildman–Crippen MR) is 240 cm³/mol. The summed E-state index contributed by atoms with van der Waals surface area (Å²) in [6, 6.07) is 71.0. The van der Waals surface area contributed by atoms with Crippen LogP contribution in [-0.4, -0.2) is 9.55 Å². The first kappa shape index (κ1) is 31.3. The fourth-order valence-electron chi connectivity index (χ4n) is 9.00. The Hall–Kier alpha value is -7.07. The van der Waals surface area contributed by atoms with Crippen molar-refractivity contribution >= 4 is 85.8 Å². The molecule has 12 rings (SSSR count).